The second-order valence-electron chi connectivity index (χ2n) is 6.71. The molecule has 0 unspecified atom stereocenters. The zero-order chi connectivity index (χ0) is 19.4. The van der Waals surface area contributed by atoms with Crippen LogP contribution in [0.4, 0.5) is 10.3 Å². The Morgan fingerprint density at radius 2 is 1.85 bits per heavy atom. The molecule has 0 fully saturated rings. The molecule has 0 saturated heterocycles. The summed E-state index contributed by atoms with van der Waals surface area (Å²) >= 11 is 0. The van der Waals surface area contributed by atoms with Gasteiger partial charge in [0, 0.05) is 31.1 Å². The zero-order valence-corrected chi connectivity index (χ0v) is 15.9. The van der Waals surface area contributed by atoms with Crippen LogP contribution in [0.2, 0.25) is 0 Å². The molecule has 3 rings (SSSR count). The summed E-state index contributed by atoms with van der Waals surface area (Å²) in [4.78, 5) is 4.04. The molecular weight excluding hydrogens is 343 g/mol. The van der Waals surface area contributed by atoms with Gasteiger partial charge >= 0.3 is 0 Å². The molecule has 0 saturated carbocycles. The summed E-state index contributed by atoms with van der Waals surface area (Å²) in [5, 5.41) is 10.1. The molecule has 27 heavy (non-hydrogen) atoms. The molecule has 0 bridgehead atoms. The minimum absolute atomic E-state index is 0.260. The Balaban J connectivity index is 1.89. The van der Waals surface area contributed by atoms with Gasteiger partial charge in [0.05, 0.1) is 5.69 Å². The highest BCUT2D eigenvalue weighted by Crippen LogP contribution is 2.34. The molecule has 0 atom stereocenters. The average molecular weight is 366 g/mol. The minimum atomic E-state index is -0.525. The number of guanidine groups is 1. The van der Waals surface area contributed by atoms with Crippen LogP contribution >= 0.6 is 0 Å². The van der Waals surface area contributed by atoms with Crippen LogP contribution < -0.4 is 10.6 Å². The van der Waals surface area contributed by atoms with Crippen molar-refractivity contribution in [2.24, 2.45) is 4.99 Å². The Kier molecular flexibility index (Phi) is 5.26. The van der Waals surface area contributed by atoms with Crippen LogP contribution in [0.1, 0.15) is 25.1 Å². The third kappa shape index (κ3) is 3.84. The van der Waals surface area contributed by atoms with Gasteiger partial charge in [-0.05, 0) is 17.2 Å². The molecule has 2 N–H and O–H groups in total. The lowest BCUT2D eigenvalue weighted by Crippen LogP contribution is -2.26. The molecule has 0 aliphatic rings. The van der Waals surface area contributed by atoms with E-state index in [1.165, 1.54) is 0 Å². The van der Waals surface area contributed by atoms with Crippen LogP contribution in [-0.2, 0) is 5.41 Å². The quantitative estimate of drug-likeness (QED) is 0.530. The van der Waals surface area contributed by atoms with E-state index in [0.29, 0.717) is 23.1 Å². The van der Waals surface area contributed by atoms with Crippen LogP contribution in [0, 0.1) is 5.82 Å². The highest BCUT2D eigenvalue weighted by molar-refractivity contribution is 5.92. The Bertz CT molecular complexity index is 948. The first-order chi connectivity index (χ1) is 13.0. The van der Waals surface area contributed by atoms with Crippen molar-refractivity contribution in [2.45, 2.75) is 19.3 Å². The number of aliphatic imine (C=N–C) groups is 1. The van der Waals surface area contributed by atoms with Crippen LogP contribution in [0.15, 0.2) is 64.1 Å². The molecule has 140 valence electrons. The topological polar surface area (TPSA) is 62.5 Å². The summed E-state index contributed by atoms with van der Waals surface area (Å²) in [7, 11) is 3.42. The summed E-state index contributed by atoms with van der Waals surface area (Å²) in [6.07, 6.45) is 0. The first-order valence-corrected chi connectivity index (χ1v) is 8.70. The van der Waals surface area contributed by atoms with Gasteiger partial charge in [-0.1, -0.05) is 61.5 Å². The molecule has 0 radical (unpaired) electrons. The number of benzene rings is 2. The molecule has 0 aliphatic heterocycles. The lowest BCUT2D eigenvalue weighted by atomic mass is 9.81. The second-order valence-corrected chi connectivity index (χ2v) is 6.71. The predicted molar refractivity (Wildman–Crippen MR) is 107 cm³/mol. The van der Waals surface area contributed by atoms with Crippen LogP contribution in [0.25, 0.3) is 11.1 Å². The Labute approximate surface area is 158 Å². The van der Waals surface area contributed by atoms with Gasteiger partial charge in [0.25, 0.3) is 0 Å². The number of rotatable bonds is 4. The molecule has 0 aliphatic carbocycles. The molecular formula is C21H23FN4O. The van der Waals surface area contributed by atoms with Gasteiger partial charge in [0.1, 0.15) is 5.82 Å². The number of nitrogens with one attached hydrogen (secondary N) is 2. The molecule has 2 aromatic carbocycles. The van der Waals surface area contributed by atoms with Crippen molar-refractivity contribution in [3.8, 4) is 11.1 Å². The highest BCUT2D eigenvalue weighted by atomic mass is 19.1. The Morgan fingerprint density at radius 1 is 1.11 bits per heavy atom. The third-order valence-corrected chi connectivity index (χ3v) is 4.63. The largest absolute Gasteiger partial charge is 0.359 e. The molecule has 1 aromatic heterocycles. The fourth-order valence-corrected chi connectivity index (χ4v) is 2.88. The standard InChI is InChI=1S/C21H23FN4O/c1-21(2,18-13-19(27-26-18)25-20(23-3)24-4)15-10-11-16(17(22)12-15)14-8-6-5-7-9-14/h5-13H,1-4H3,(H2,23,24,25). The van der Waals surface area contributed by atoms with Gasteiger partial charge in [-0.3, -0.25) is 10.3 Å². The van der Waals surface area contributed by atoms with E-state index in [-0.39, 0.29) is 5.82 Å². The molecule has 6 heteroatoms. The fraction of sp³-hybridized carbons (Fsp3) is 0.238. The number of aromatic nitrogens is 1. The monoisotopic (exact) mass is 366 g/mol. The smallest absolute Gasteiger partial charge is 0.231 e. The molecule has 0 spiro atoms. The first kappa shape index (κ1) is 18.6. The van der Waals surface area contributed by atoms with Gasteiger partial charge in [0.2, 0.25) is 5.88 Å². The van der Waals surface area contributed by atoms with Crippen molar-refractivity contribution in [1.82, 2.24) is 10.5 Å². The van der Waals surface area contributed by atoms with E-state index in [4.69, 9.17) is 4.52 Å². The summed E-state index contributed by atoms with van der Waals surface area (Å²) in [5.41, 5.74) is 2.42. The van der Waals surface area contributed by atoms with Gasteiger partial charge in [-0.15, -0.1) is 0 Å². The average Bonchev–Trinajstić information content (AvgIpc) is 3.16. The number of nitrogens with zero attached hydrogens (tertiary/aromatic N) is 2. The number of hydrogen-bond donors (Lipinski definition) is 2. The molecule has 3 aromatic rings. The summed E-state index contributed by atoms with van der Waals surface area (Å²) in [6.45, 7) is 3.97. The van der Waals surface area contributed by atoms with Gasteiger partial charge < -0.3 is 9.84 Å². The number of hydrogen-bond acceptors (Lipinski definition) is 3. The van der Waals surface area contributed by atoms with Crippen LogP contribution in [0.5, 0.6) is 0 Å². The van der Waals surface area contributed by atoms with Crippen molar-refractivity contribution in [2.75, 3.05) is 19.4 Å². The highest BCUT2D eigenvalue weighted by Gasteiger charge is 2.28. The van der Waals surface area contributed by atoms with E-state index in [9.17, 15) is 4.39 Å². The minimum Gasteiger partial charge on any atom is -0.359 e. The van der Waals surface area contributed by atoms with E-state index in [2.05, 4.69) is 20.8 Å². The van der Waals surface area contributed by atoms with Gasteiger partial charge in [-0.25, -0.2) is 4.39 Å². The predicted octanol–water partition coefficient (Wildman–Crippen LogP) is 4.42. The van der Waals surface area contributed by atoms with Crippen molar-refractivity contribution >= 4 is 11.8 Å². The van der Waals surface area contributed by atoms with Gasteiger partial charge in [-0.2, -0.15) is 0 Å². The molecule has 5 nitrogen and oxygen atoms in total. The van der Waals surface area contributed by atoms with Crippen molar-refractivity contribution in [3.05, 3.63) is 71.7 Å². The maximum Gasteiger partial charge on any atom is 0.231 e. The van der Waals surface area contributed by atoms with Crippen molar-refractivity contribution in [3.63, 3.8) is 0 Å². The summed E-state index contributed by atoms with van der Waals surface area (Å²) in [5.74, 6) is 0.771. The van der Waals surface area contributed by atoms with Crippen LogP contribution in [0.3, 0.4) is 0 Å². The first-order valence-electron chi connectivity index (χ1n) is 8.70. The van der Waals surface area contributed by atoms with E-state index < -0.39 is 5.41 Å². The Hall–Kier alpha value is -3.15. The Morgan fingerprint density at radius 3 is 2.48 bits per heavy atom. The summed E-state index contributed by atoms with van der Waals surface area (Å²) < 4.78 is 20.1. The normalized spacial score (nSPS) is 12.1. The maximum absolute atomic E-state index is 14.8. The summed E-state index contributed by atoms with van der Waals surface area (Å²) in [6, 6.07) is 16.6. The number of halogens is 1. The van der Waals surface area contributed by atoms with Crippen molar-refractivity contribution in [1.29, 1.82) is 0 Å². The lowest BCUT2D eigenvalue weighted by Gasteiger charge is -2.23. The third-order valence-electron chi connectivity index (χ3n) is 4.63. The zero-order valence-electron chi connectivity index (χ0n) is 15.9. The SMILES string of the molecule is C/N=C(\NC)Nc1cc(C(C)(C)c2ccc(-c3ccccc3)c(F)c2)no1. The fourth-order valence-electron chi connectivity index (χ4n) is 2.88. The molecule has 0 amide bonds. The van der Waals surface area contributed by atoms with Gasteiger partial charge in [0.15, 0.2) is 5.96 Å². The van der Waals surface area contributed by atoms with E-state index >= 15 is 0 Å². The maximum atomic E-state index is 14.8. The van der Waals surface area contributed by atoms with E-state index in [1.807, 2.05) is 56.3 Å². The second kappa shape index (κ2) is 7.61. The lowest BCUT2D eigenvalue weighted by molar-refractivity contribution is 0.410. The molecule has 1 heterocycles. The van der Waals surface area contributed by atoms with E-state index in [0.717, 1.165) is 11.1 Å². The van der Waals surface area contributed by atoms with Crippen molar-refractivity contribution < 1.29 is 8.91 Å². The number of anilines is 1. The van der Waals surface area contributed by atoms with Crippen LogP contribution in [-0.4, -0.2) is 25.2 Å². The van der Waals surface area contributed by atoms with E-state index in [1.54, 1.807) is 26.2 Å².